The Bertz CT molecular complexity index is 608. The van der Waals surface area contributed by atoms with Crippen molar-refractivity contribution in [2.24, 2.45) is 0 Å². The van der Waals surface area contributed by atoms with Gasteiger partial charge in [-0.1, -0.05) is 38.1 Å². The second kappa shape index (κ2) is 6.08. The van der Waals surface area contributed by atoms with E-state index in [1.165, 1.54) is 5.56 Å². The van der Waals surface area contributed by atoms with Crippen molar-refractivity contribution in [3.63, 3.8) is 0 Å². The number of benzene rings is 1. The second-order valence-corrected chi connectivity index (χ2v) is 6.68. The Balaban J connectivity index is 1.58. The van der Waals surface area contributed by atoms with Gasteiger partial charge >= 0.3 is 0 Å². The van der Waals surface area contributed by atoms with Gasteiger partial charge in [0.05, 0.1) is 6.61 Å². The number of rotatable bonds is 4. The monoisotopic (exact) mass is 302 g/mol. The topological polar surface area (TPSA) is 57.4 Å². The molecule has 1 aromatic carbocycles. The van der Waals surface area contributed by atoms with Crippen LogP contribution in [0.5, 0.6) is 5.75 Å². The van der Waals surface area contributed by atoms with Gasteiger partial charge in [0, 0.05) is 17.9 Å². The van der Waals surface area contributed by atoms with Crippen molar-refractivity contribution < 1.29 is 14.0 Å². The molecule has 0 radical (unpaired) electrons. The maximum atomic E-state index is 5.72. The van der Waals surface area contributed by atoms with Crippen molar-refractivity contribution in [1.82, 2.24) is 10.1 Å². The molecule has 1 aliphatic heterocycles. The highest BCUT2D eigenvalue weighted by Gasteiger charge is 2.22. The van der Waals surface area contributed by atoms with Crippen LogP contribution in [0.15, 0.2) is 28.8 Å². The number of aromatic nitrogens is 2. The van der Waals surface area contributed by atoms with E-state index in [9.17, 15) is 0 Å². The zero-order chi connectivity index (χ0) is 15.6. The van der Waals surface area contributed by atoms with Gasteiger partial charge in [-0.25, -0.2) is 0 Å². The van der Waals surface area contributed by atoms with Crippen molar-refractivity contribution >= 4 is 0 Å². The molecule has 1 atom stereocenters. The van der Waals surface area contributed by atoms with E-state index in [2.05, 4.69) is 22.3 Å². The molecule has 2 heterocycles. The molecule has 2 aromatic rings. The fourth-order valence-electron chi connectivity index (χ4n) is 2.40. The quantitative estimate of drug-likeness (QED) is 0.865. The minimum absolute atomic E-state index is 0.143. The van der Waals surface area contributed by atoms with Gasteiger partial charge in [0.1, 0.15) is 5.75 Å². The molecule has 1 fully saturated rings. The summed E-state index contributed by atoms with van der Waals surface area (Å²) in [6, 6.07) is 8.17. The van der Waals surface area contributed by atoms with Crippen LogP contribution in [0.25, 0.3) is 0 Å². The number of hydrogen-bond acceptors (Lipinski definition) is 5. The number of hydrogen-bond donors (Lipinski definition) is 0. The first-order valence-corrected chi connectivity index (χ1v) is 7.66. The van der Waals surface area contributed by atoms with Gasteiger partial charge in [0.2, 0.25) is 11.7 Å². The Kier molecular flexibility index (Phi) is 4.16. The smallest absolute Gasteiger partial charge is 0.232 e. The highest BCUT2D eigenvalue weighted by atomic mass is 16.5. The molecule has 0 bridgehead atoms. The van der Waals surface area contributed by atoms with Crippen LogP contribution < -0.4 is 4.74 Å². The van der Waals surface area contributed by atoms with E-state index in [1.807, 2.05) is 32.9 Å². The van der Waals surface area contributed by atoms with Gasteiger partial charge in [0.25, 0.3) is 0 Å². The largest absolute Gasteiger partial charge is 0.485 e. The lowest BCUT2D eigenvalue weighted by Gasteiger charge is -2.10. The van der Waals surface area contributed by atoms with Gasteiger partial charge in [-0.3, -0.25) is 0 Å². The van der Waals surface area contributed by atoms with Crippen LogP contribution in [0, 0.1) is 0 Å². The van der Waals surface area contributed by atoms with Crippen LogP contribution in [0.4, 0.5) is 0 Å². The van der Waals surface area contributed by atoms with E-state index in [0.29, 0.717) is 24.2 Å². The fourth-order valence-corrected chi connectivity index (χ4v) is 2.40. The summed E-state index contributed by atoms with van der Waals surface area (Å²) in [7, 11) is 0. The zero-order valence-electron chi connectivity index (χ0n) is 13.3. The van der Waals surface area contributed by atoms with Gasteiger partial charge < -0.3 is 14.0 Å². The lowest BCUT2D eigenvalue weighted by Crippen LogP contribution is -2.11. The molecule has 1 aromatic heterocycles. The van der Waals surface area contributed by atoms with Crippen LogP contribution in [0.3, 0.4) is 0 Å². The minimum Gasteiger partial charge on any atom is -0.485 e. The summed E-state index contributed by atoms with van der Waals surface area (Å²) in [4.78, 5) is 4.36. The summed E-state index contributed by atoms with van der Waals surface area (Å²) in [6.45, 7) is 8.10. The zero-order valence-corrected chi connectivity index (χ0v) is 13.3. The van der Waals surface area contributed by atoms with Crippen LogP contribution in [0.1, 0.15) is 50.4 Å². The molecule has 118 valence electrons. The second-order valence-electron chi connectivity index (χ2n) is 6.68. The maximum absolute atomic E-state index is 5.72. The highest BCUT2D eigenvalue weighted by Crippen LogP contribution is 2.27. The van der Waals surface area contributed by atoms with Crippen molar-refractivity contribution in [2.75, 3.05) is 13.2 Å². The van der Waals surface area contributed by atoms with Gasteiger partial charge in [0.15, 0.2) is 6.61 Å². The molecule has 1 unspecified atom stereocenters. The predicted octanol–water partition coefficient (Wildman–Crippen LogP) is 3.45. The van der Waals surface area contributed by atoms with E-state index in [1.54, 1.807) is 0 Å². The van der Waals surface area contributed by atoms with E-state index >= 15 is 0 Å². The average Bonchev–Trinajstić information content (AvgIpc) is 3.16. The van der Waals surface area contributed by atoms with Crippen molar-refractivity contribution in [3.8, 4) is 5.75 Å². The summed E-state index contributed by atoms with van der Waals surface area (Å²) < 4.78 is 16.4. The van der Waals surface area contributed by atoms with Crippen molar-refractivity contribution in [1.29, 1.82) is 0 Å². The first-order chi connectivity index (χ1) is 10.5. The van der Waals surface area contributed by atoms with Crippen molar-refractivity contribution in [3.05, 3.63) is 41.5 Å². The van der Waals surface area contributed by atoms with Crippen molar-refractivity contribution in [2.45, 2.75) is 45.1 Å². The molecule has 1 saturated heterocycles. The number of nitrogens with zero attached hydrogens (tertiary/aromatic N) is 2. The molecule has 0 spiro atoms. The Morgan fingerprint density at radius 1 is 1.23 bits per heavy atom. The third-order valence-corrected chi connectivity index (χ3v) is 3.76. The molecule has 22 heavy (non-hydrogen) atoms. The Morgan fingerprint density at radius 3 is 2.59 bits per heavy atom. The normalized spacial score (nSPS) is 18.6. The van der Waals surface area contributed by atoms with E-state index < -0.39 is 0 Å². The highest BCUT2D eigenvalue weighted by molar-refractivity contribution is 5.30. The molecule has 0 amide bonds. The van der Waals surface area contributed by atoms with Gasteiger partial charge in [-0.15, -0.1) is 0 Å². The van der Waals surface area contributed by atoms with Crippen LogP contribution in [0.2, 0.25) is 0 Å². The summed E-state index contributed by atoms with van der Waals surface area (Å²) in [5, 5.41) is 3.95. The molecule has 0 saturated carbocycles. The van der Waals surface area contributed by atoms with Crippen LogP contribution in [-0.2, 0) is 16.8 Å². The maximum Gasteiger partial charge on any atom is 0.232 e. The average molecular weight is 302 g/mol. The standard InChI is InChI=1S/C17H22N2O3/c1-17(2,3)16-18-15(19-22-16)11-21-14-6-4-12(5-7-14)13-8-9-20-10-13/h4-7,13H,8-11H2,1-3H3. The molecule has 1 aliphatic rings. The fraction of sp³-hybridized carbons (Fsp3) is 0.529. The van der Waals surface area contributed by atoms with Gasteiger partial charge in [-0.2, -0.15) is 4.98 Å². The number of ether oxygens (including phenoxy) is 2. The van der Waals surface area contributed by atoms with Gasteiger partial charge in [-0.05, 0) is 24.1 Å². The lowest BCUT2D eigenvalue weighted by molar-refractivity contribution is 0.194. The lowest BCUT2D eigenvalue weighted by atomic mass is 9.97. The van der Waals surface area contributed by atoms with E-state index in [4.69, 9.17) is 14.0 Å². The summed E-state index contributed by atoms with van der Waals surface area (Å²) in [6.07, 6.45) is 1.10. The van der Waals surface area contributed by atoms with E-state index in [-0.39, 0.29) is 5.41 Å². The summed E-state index contributed by atoms with van der Waals surface area (Å²) in [5.74, 6) is 2.52. The summed E-state index contributed by atoms with van der Waals surface area (Å²) in [5.41, 5.74) is 1.16. The summed E-state index contributed by atoms with van der Waals surface area (Å²) >= 11 is 0. The third-order valence-electron chi connectivity index (χ3n) is 3.76. The predicted molar refractivity (Wildman–Crippen MR) is 81.9 cm³/mol. The van der Waals surface area contributed by atoms with Crippen LogP contribution >= 0.6 is 0 Å². The first kappa shape index (κ1) is 15.0. The molecule has 5 heteroatoms. The van der Waals surface area contributed by atoms with E-state index in [0.717, 1.165) is 25.4 Å². The Morgan fingerprint density at radius 2 is 2.00 bits per heavy atom. The molecule has 0 N–H and O–H groups in total. The SMILES string of the molecule is CC(C)(C)c1nc(COc2ccc(C3CCOC3)cc2)no1. The molecule has 0 aliphatic carbocycles. The molecular weight excluding hydrogens is 280 g/mol. The minimum atomic E-state index is -0.143. The Hall–Kier alpha value is -1.88. The first-order valence-electron chi connectivity index (χ1n) is 7.66. The van der Waals surface area contributed by atoms with Crippen LogP contribution in [-0.4, -0.2) is 23.4 Å². The third kappa shape index (κ3) is 3.47. The Labute approximate surface area is 130 Å². The molecule has 3 rings (SSSR count). The molecule has 5 nitrogen and oxygen atoms in total. The molecular formula is C17H22N2O3.